The molecule has 0 spiro atoms. The third kappa shape index (κ3) is 5.02. The van der Waals surface area contributed by atoms with Crippen molar-refractivity contribution >= 4 is 21.6 Å². The highest BCUT2D eigenvalue weighted by atomic mass is 32.2. The van der Waals surface area contributed by atoms with Gasteiger partial charge in [-0.05, 0) is 30.9 Å². The van der Waals surface area contributed by atoms with Crippen LogP contribution in [0.3, 0.4) is 0 Å². The Morgan fingerprint density at radius 1 is 1.18 bits per heavy atom. The lowest BCUT2D eigenvalue weighted by molar-refractivity contribution is -0.119. The summed E-state index contributed by atoms with van der Waals surface area (Å²) in [5.41, 5.74) is 0.512. The average molecular weight is 324 g/mol. The van der Waals surface area contributed by atoms with Gasteiger partial charge < -0.3 is 5.32 Å². The van der Waals surface area contributed by atoms with Gasteiger partial charge in [0.25, 0.3) is 0 Å². The Labute approximate surface area is 132 Å². The van der Waals surface area contributed by atoms with Crippen molar-refractivity contribution in [3.05, 3.63) is 30.3 Å². The standard InChI is InChI=1S/C16H24N2O3S/c1-22(20,21)18(15-10-6-3-7-11-15)13-16(19)17-12-14-8-4-2-5-9-14/h3,6-7,10-11,14H,2,4-5,8-9,12-13H2,1H3,(H,17,19). The molecule has 1 fully saturated rings. The third-order valence-corrected chi connectivity index (χ3v) is 5.18. The fourth-order valence-electron chi connectivity index (χ4n) is 2.83. The molecule has 122 valence electrons. The van der Waals surface area contributed by atoms with Gasteiger partial charge in [0.05, 0.1) is 11.9 Å². The number of sulfonamides is 1. The lowest BCUT2D eigenvalue weighted by atomic mass is 9.89. The Kier molecular flexibility index (Phi) is 5.83. The number of hydrogen-bond acceptors (Lipinski definition) is 3. The molecule has 1 amide bonds. The summed E-state index contributed by atoms with van der Waals surface area (Å²) in [6.07, 6.45) is 7.14. The highest BCUT2D eigenvalue weighted by Gasteiger charge is 2.21. The van der Waals surface area contributed by atoms with Gasteiger partial charge in [-0.25, -0.2) is 8.42 Å². The molecular formula is C16H24N2O3S. The van der Waals surface area contributed by atoms with Crippen molar-refractivity contribution in [2.75, 3.05) is 23.7 Å². The van der Waals surface area contributed by atoms with Crippen LogP contribution in [0.4, 0.5) is 5.69 Å². The molecule has 0 radical (unpaired) electrons. The highest BCUT2D eigenvalue weighted by Crippen LogP contribution is 2.22. The number of rotatable bonds is 6. The number of nitrogens with zero attached hydrogens (tertiary/aromatic N) is 1. The molecular weight excluding hydrogens is 300 g/mol. The molecule has 1 N–H and O–H groups in total. The molecule has 1 aliphatic rings. The molecule has 0 aromatic heterocycles. The monoisotopic (exact) mass is 324 g/mol. The lowest BCUT2D eigenvalue weighted by Gasteiger charge is -2.24. The summed E-state index contributed by atoms with van der Waals surface area (Å²) in [6, 6.07) is 8.71. The minimum Gasteiger partial charge on any atom is -0.354 e. The van der Waals surface area contributed by atoms with Crippen molar-refractivity contribution in [2.24, 2.45) is 5.92 Å². The first-order valence-corrected chi connectivity index (χ1v) is 9.61. The van der Waals surface area contributed by atoms with Crippen molar-refractivity contribution in [1.82, 2.24) is 5.32 Å². The molecule has 5 nitrogen and oxygen atoms in total. The first-order valence-electron chi connectivity index (χ1n) is 7.76. The Morgan fingerprint density at radius 3 is 2.41 bits per heavy atom. The van der Waals surface area contributed by atoms with Crippen LogP contribution < -0.4 is 9.62 Å². The van der Waals surface area contributed by atoms with E-state index in [4.69, 9.17) is 0 Å². The highest BCUT2D eigenvalue weighted by molar-refractivity contribution is 7.92. The number of hydrogen-bond donors (Lipinski definition) is 1. The molecule has 0 atom stereocenters. The number of nitrogens with one attached hydrogen (secondary N) is 1. The molecule has 1 aromatic rings. The first kappa shape index (κ1) is 16.8. The van der Waals surface area contributed by atoms with Gasteiger partial charge in [0.1, 0.15) is 6.54 Å². The van der Waals surface area contributed by atoms with E-state index in [2.05, 4.69) is 5.32 Å². The van der Waals surface area contributed by atoms with Crippen LogP contribution in [0, 0.1) is 5.92 Å². The second kappa shape index (κ2) is 7.63. The van der Waals surface area contributed by atoms with E-state index in [0.717, 1.165) is 23.4 Å². The zero-order valence-electron chi connectivity index (χ0n) is 13.0. The van der Waals surface area contributed by atoms with Gasteiger partial charge in [-0.15, -0.1) is 0 Å². The van der Waals surface area contributed by atoms with Crippen molar-refractivity contribution in [3.63, 3.8) is 0 Å². The molecule has 1 saturated carbocycles. The smallest absolute Gasteiger partial charge is 0.240 e. The summed E-state index contributed by atoms with van der Waals surface area (Å²) in [5.74, 6) is 0.279. The molecule has 1 aromatic carbocycles. The van der Waals surface area contributed by atoms with Gasteiger partial charge >= 0.3 is 0 Å². The van der Waals surface area contributed by atoms with E-state index in [1.54, 1.807) is 24.3 Å². The van der Waals surface area contributed by atoms with Crippen LogP contribution >= 0.6 is 0 Å². The Morgan fingerprint density at radius 2 is 1.82 bits per heavy atom. The number of carbonyl (C=O) groups excluding carboxylic acids is 1. The maximum atomic E-state index is 12.1. The van der Waals surface area contributed by atoms with Gasteiger partial charge in [-0.2, -0.15) is 0 Å². The molecule has 0 unspecified atom stereocenters. The second-order valence-electron chi connectivity index (χ2n) is 5.91. The van der Waals surface area contributed by atoms with Crippen LogP contribution in [-0.2, 0) is 14.8 Å². The minimum absolute atomic E-state index is 0.171. The van der Waals surface area contributed by atoms with Crippen LogP contribution in [0.1, 0.15) is 32.1 Å². The normalized spacial score (nSPS) is 16.2. The van der Waals surface area contributed by atoms with E-state index >= 15 is 0 Å². The van der Waals surface area contributed by atoms with Crippen LogP contribution in [0.5, 0.6) is 0 Å². The quantitative estimate of drug-likeness (QED) is 0.872. The maximum Gasteiger partial charge on any atom is 0.240 e. The number of amides is 1. The topological polar surface area (TPSA) is 66.5 Å². The van der Waals surface area contributed by atoms with Crippen LogP contribution in [-0.4, -0.2) is 33.7 Å². The zero-order chi connectivity index (χ0) is 16.0. The molecule has 0 bridgehead atoms. The fraction of sp³-hybridized carbons (Fsp3) is 0.562. The van der Waals surface area contributed by atoms with E-state index in [9.17, 15) is 13.2 Å². The lowest BCUT2D eigenvalue weighted by Crippen LogP contribution is -2.41. The largest absolute Gasteiger partial charge is 0.354 e. The van der Waals surface area contributed by atoms with Gasteiger partial charge in [0.15, 0.2) is 0 Å². The third-order valence-electron chi connectivity index (χ3n) is 4.04. The summed E-state index contributed by atoms with van der Waals surface area (Å²) in [6.45, 7) is 0.473. The predicted octanol–water partition coefficient (Wildman–Crippen LogP) is 2.15. The van der Waals surface area contributed by atoms with Crippen LogP contribution in [0.2, 0.25) is 0 Å². The second-order valence-corrected chi connectivity index (χ2v) is 7.82. The summed E-state index contributed by atoms with van der Waals surface area (Å²) < 4.78 is 25.0. The van der Waals surface area contributed by atoms with Crippen molar-refractivity contribution < 1.29 is 13.2 Å². The van der Waals surface area contributed by atoms with Gasteiger partial charge in [0, 0.05) is 6.54 Å². The summed E-state index contributed by atoms with van der Waals surface area (Å²) in [4.78, 5) is 12.1. The number of anilines is 1. The molecule has 22 heavy (non-hydrogen) atoms. The Balaban J connectivity index is 1.94. The van der Waals surface area contributed by atoms with Crippen molar-refractivity contribution in [2.45, 2.75) is 32.1 Å². The Bertz CT molecular complexity index is 581. The first-order chi connectivity index (χ1) is 10.5. The Hall–Kier alpha value is -1.56. The SMILES string of the molecule is CS(=O)(=O)N(CC(=O)NCC1CCCCC1)c1ccccc1. The predicted molar refractivity (Wildman–Crippen MR) is 88.2 cm³/mol. The van der Waals surface area contributed by atoms with Crippen LogP contribution in [0.15, 0.2) is 30.3 Å². The molecule has 0 heterocycles. The molecule has 1 aliphatic carbocycles. The molecule has 0 aliphatic heterocycles. The van der Waals surface area contributed by atoms with Crippen molar-refractivity contribution in [1.29, 1.82) is 0 Å². The summed E-state index contributed by atoms with van der Waals surface area (Å²) in [7, 11) is -3.48. The van der Waals surface area contributed by atoms with E-state index in [1.165, 1.54) is 19.3 Å². The van der Waals surface area contributed by atoms with Gasteiger partial charge in [-0.1, -0.05) is 37.5 Å². The van der Waals surface area contributed by atoms with E-state index in [-0.39, 0.29) is 12.5 Å². The van der Waals surface area contributed by atoms with Crippen molar-refractivity contribution in [3.8, 4) is 0 Å². The summed E-state index contributed by atoms with van der Waals surface area (Å²) in [5, 5.41) is 2.88. The van der Waals surface area contributed by atoms with Gasteiger partial charge in [-0.3, -0.25) is 9.10 Å². The maximum absolute atomic E-state index is 12.1. The fourth-order valence-corrected chi connectivity index (χ4v) is 3.69. The molecule has 6 heteroatoms. The molecule has 2 rings (SSSR count). The van der Waals surface area contributed by atoms with E-state index < -0.39 is 10.0 Å². The summed E-state index contributed by atoms with van der Waals surface area (Å²) >= 11 is 0. The van der Waals surface area contributed by atoms with E-state index in [1.807, 2.05) is 6.07 Å². The number of para-hydroxylation sites is 1. The zero-order valence-corrected chi connectivity index (χ0v) is 13.8. The van der Waals surface area contributed by atoms with E-state index in [0.29, 0.717) is 18.2 Å². The van der Waals surface area contributed by atoms with Crippen LogP contribution in [0.25, 0.3) is 0 Å². The average Bonchev–Trinajstić information content (AvgIpc) is 2.51. The molecule has 0 saturated heterocycles. The number of carbonyl (C=O) groups is 1. The minimum atomic E-state index is -3.48. The number of benzene rings is 1. The van der Waals surface area contributed by atoms with Gasteiger partial charge in [0.2, 0.25) is 15.9 Å².